The van der Waals surface area contributed by atoms with Gasteiger partial charge in [-0.3, -0.25) is 9.78 Å². The number of carbonyl (C=O) groups is 1. The van der Waals surface area contributed by atoms with Gasteiger partial charge in [0, 0.05) is 23.7 Å². The van der Waals surface area contributed by atoms with Crippen LogP contribution in [0.2, 0.25) is 0 Å². The van der Waals surface area contributed by atoms with Crippen molar-refractivity contribution in [2.45, 2.75) is 44.6 Å². The third kappa shape index (κ3) is 6.51. The molecular formula is C30H28FN3O. The van der Waals surface area contributed by atoms with Gasteiger partial charge in [-0.05, 0) is 78.4 Å². The molecule has 1 fully saturated rings. The molecule has 0 unspecified atom stereocenters. The molecule has 176 valence electrons. The van der Waals surface area contributed by atoms with Crippen molar-refractivity contribution in [3.8, 4) is 6.07 Å². The van der Waals surface area contributed by atoms with E-state index in [9.17, 15) is 9.18 Å². The van der Waals surface area contributed by atoms with Crippen LogP contribution in [0.3, 0.4) is 0 Å². The van der Waals surface area contributed by atoms with Crippen LogP contribution in [-0.4, -0.2) is 10.9 Å². The zero-order valence-corrected chi connectivity index (χ0v) is 19.6. The first-order chi connectivity index (χ1) is 17.1. The molecule has 1 N–H and O–H groups in total. The number of nitrogens with one attached hydrogen (secondary N) is 1. The van der Waals surface area contributed by atoms with E-state index in [-0.39, 0.29) is 11.7 Å². The quantitative estimate of drug-likeness (QED) is 0.356. The zero-order chi connectivity index (χ0) is 24.5. The van der Waals surface area contributed by atoms with E-state index in [4.69, 9.17) is 5.26 Å². The van der Waals surface area contributed by atoms with Gasteiger partial charge in [-0.25, -0.2) is 4.39 Å². The molecular weight excluding hydrogens is 437 g/mol. The Bertz CT molecular complexity index is 1310. The van der Waals surface area contributed by atoms with Crippen molar-refractivity contribution in [3.63, 3.8) is 0 Å². The molecule has 3 aromatic carbocycles. The fraction of sp³-hybridized carbons (Fsp3) is 0.233. The third-order valence-electron chi connectivity index (χ3n) is 6.35. The molecule has 0 spiro atoms. The lowest BCUT2D eigenvalue weighted by atomic mass is 9.83. The van der Waals surface area contributed by atoms with Crippen molar-refractivity contribution >= 4 is 16.8 Å². The number of nitrogens with zero attached hydrogens (tertiary/aromatic N) is 2. The van der Waals surface area contributed by atoms with Gasteiger partial charge >= 0.3 is 0 Å². The van der Waals surface area contributed by atoms with Gasteiger partial charge in [-0.1, -0.05) is 49.6 Å². The van der Waals surface area contributed by atoms with Crippen LogP contribution in [0, 0.1) is 17.1 Å². The first kappa shape index (κ1) is 24.1. The number of hydrogen-bond donors (Lipinski definition) is 1. The number of benzene rings is 3. The monoisotopic (exact) mass is 465 g/mol. The van der Waals surface area contributed by atoms with Gasteiger partial charge in [0.1, 0.15) is 5.82 Å². The lowest BCUT2D eigenvalue weighted by Crippen LogP contribution is -2.22. The minimum Gasteiger partial charge on any atom is -0.348 e. The second-order valence-corrected chi connectivity index (χ2v) is 8.75. The Balaban J connectivity index is 0.000000165. The van der Waals surface area contributed by atoms with Crippen molar-refractivity contribution in [3.05, 3.63) is 113 Å². The Kier molecular flexibility index (Phi) is 8.19. The van der Waals surface area contributed by atoms with Crippen LogP contribution in [0.25, 0.3) is 10.9 Å². The summed E-state index contributed by atoms with van der Waals surface area (Å²) in [5.41, 5.74) is 4.36. The van der Waals surface area contributed by atoms with Crippen LogP contribution in [0.15, 0.2) is 85.1 Å². The van der Waals surface area contributed by atoms with Crippen molar-refractivity contribution in [1.82, 2.24) is 10.3 Å². The summed E-state index contributed by atoms with van der Waals surface area (Å²) in [7, 11) is 0. The summed E-state index contributed by atoms with van der Waals surface area (Å²) in [4.78, 5) is 16.1. The van der Waals surface area contributed by atoms with Crippen molar-refractivity contribution in [1.29, 1.82) is 5.26 Å². The standard InChI is InChI=1S/C15H16FN.C15H12N2O/c16-12-6-7-15-14(10-12)13(8-9-17-15)11-4-2-1-3-5-11;16-10-12-6-8-14(9-7-12)15(18)17-11-13-4-2-1-3-5-13/h6-11H,1-5H2;1-9H,11H2,(H,17,18). The van der Waals surface area contributed by atoms with E-state index in [1.165, 1.54) is 43.7 Å². The Morgan fingerprint density at radius 3 is 2.43 bits per heavy atom. The number of rotatable bonds is 4. The van der Waals surface area contributed by atoms with E-state index in [1.54, 1.807) is 36.4 Å². The highest BCUT2D eigenvalue weighted by Gasteiger charge is 2.18. The number of halogens is 1. The van der Waals surface area contributed by atoms with Crippen LogP contribution in [0.4, 0.5) is 4.39 Å². The lowest BCUT2D eigenvalue weighted by molar-refractivity contribution is 0.0951. The van der Waals surface area contributed by atoms with Crippen LogP contribution in [-0.2, 0) is 6.54 Å². The molecule has 0 radical (unpaired) electrons. The summed E-state index contributed by atoms with van der Waals surface area (Å²) in [6.45, 7) is 0.500. The van der Waals surface area contributed by atoms with Gasteiger partial charge in [0.25, 0.3) is 5.91 Å². The van der Waals surface area contributed by atoms with E-state index < -0.39 is 0 Å². The van der Waals surface area contributed by atoms with E-state index in [0.29, 0.717) is 23.6 Å². The van der Waals surface area contributed by atoms with E-state index in [2.05, 4.69) is 16.4 Å². The average molecular weight is 466 g/mol. The van der Waals surface area contributed by atoms with Gasteiger partial charge in [0.15, 0.2) is 0 Å². The van der Waals surface area contributed by atoms with Crippen molar-refractivity contribution in [2.24, 2.45) is 0 Å². The summed E-state index contributed by atoms with van der Waals surface area (Å²) in [6, 6.07) is 25.3. The van der Waals surface area contributed by atoms with E-state index in [1.807, 2.05) is 42.6 Å². The van der Waals surface area contributed by atoms with Crippen molar-refractivity contribution < 1.29 is 9.18 Å². The van der Waals surface area contributed by atoms with Crippen LogP contribution in [0.5, 0.6) is 0 Å². The second-order valence-electron chi connectivity index (χ2n) is 8.75. The maximum absolute atomic E-state index is 13.4. The average Bonchev–Trinajstić information content (AvgIpc) is 2.93. The highest BCUT2D eigenvalue weighted by molar-refractivity contribution is 5.94. The fourth-order valence-corrected chi connectivity index (χ4v) is 4.49. The van der Waals surface area contributed by atoms with Gasteiger partial charge in [-0.15, -0.1) is 0 Å². The van der Waals surface area contributed by atoms with Crippen molar-refractivity contribution in [2.75, 3.05) is 0 Å². The molecule has 1 saturated carbocycles. The number of carbonyl (C=O) groups excluding carboxylic acids is 1. The Labute approximate surface area is 205 Å². The predicted octanol–water partition coefficient (Wildman–Crippen LogP) is 6.91. The molecule has 0 atom stereocenters. The number of fused-ring (bicyclic) bond motifs is 1. The highest BCUT2D eigenvalue weighted by atomic mass is 19.1. The molecule has 0 bridgehead atoms. The molecule has 35 heavy (non-hydrogen) atoms. The SMILES string of the molecule is Fc1ccc2nccc(C3CCCCC3)c2c1.N#Cc1ccc(C(=O)NCc2ccccc2)cc1. The number of aromatic nitrogens is 1. The molecule has 1 aromatic heterocycles. The molecule has 4 aromatic rings. The molecule has 5 heteroatoms. The maximum Gasteiger partial charge on any atom is 0.251 e. The molecule has 0 aliphatic heterocycles. The molecule has 5 rings (SSSR count). The molecule has 1 amide bonds. The number of pyridine rings is 1. The summed E-state index contributed by atoms with van der Waals surface area (Å²) in [5.74, 6) is 0.293. The normalized spacial score (nSPS) is 13.4. The smallest absolute Gasteiger partial charge is 0.251 e. The zero-order valence-electron chi connectivity index (χ0n) is 19.6. The van der Waals surface area contributed by atoms with Crippen LogP contribution in [0.1, 0.15) is 65.1 Å². The van der Waals surface area contributed by atoms with Gasteiger partial charge in [0.05, 0.1) is 17.1 Å². The molecule has 1 aliphatic carbocycles. The molecule has 0 saturated heterocycles. The minimum atomic E-state index is -0.164. The number of amides is 1. The van der Waals surface area contributed by atoms with E-state index >= 15 is 0 Å². The first-order valence-electron chi connectivity index (χ1n) is 12.0. The maximum atomic E-state index is 13.4. The molecule has 1 heterocycles. The topological polar surface area (TPSA) is 65.8 Å². The summed E-state index contributed by atoms with van der Waals surface area (Å²) in [5, 5.41) is 12.5. The van der Waals surface area contributed by atoms with Gasteiger partial charge in [0.2, 0.25) is 0 Å². The third-order valence-corrected chi connectivity index (χ3v) is 6.35. The largest absolute Gasteiger partial charge is 0.348 e. The number of hydrogen-bond acceptors (Lipinski definition) is 3. The lowest BCUT2D eigenvalue weighted by Gasteiger charge is -2.23. The second kappa shape index (κ2) is 11.9. The first-order valence-corrected chi connectivity index (χ1v) is 12.0. The minimum absolute atomic E-state index is 0.136. The predicted molar refractivity (Wildman–Crippen MR) is 136 cm³/mol. The number of nitriles is 1. The molecule has 1 aliphatic rings. The fourth-order valence-electron chi connectivity index (χ4n) is 4.49. The van der Waals surface area contributed by atoms with Crippen LogP contribution < -0.4 is 5.32 Å². The Morgan fingerprint density at radius 2 is 1.71 bits per heavy atom. The Morgan fingerprint density at radius 1 is 0.971 bits per heavy atom. The van der Waals surface area contributed by atoms with E-state index in [0.717, 1.165) is 16.5 Å². The summed E-state index contributed by atoms with van der Waals surface area (Å²) >= 11 is 0. The molecule has 4 nitrogen and oxygen atoms in total. The summed E-state index contributed by atoms with van der Waals surface area (Å²) in [6.07, 6.45) is 8.25. The van der Waals surface area contributed by atoms with Crippen LogP contribution >= 0.6 is 0 Å². The van der Waals surface area contributed by atoms with Gasteiger partial charge in [-0.2, -0.15) is 5.26 Å². The highest BCUT2D eigenvalue weighted by Crippen LogP contribution is 2.35. The summed E-state index contributed by atoms with van der Waals surface area (Å²) < 4.78 is 13.4. The Hall–Kier alpha value is -4.04. The van der Waals surface area contributed by atoms with Gasteiger partial charge < -0.3 is 5.32 Å².